The molecule has 3 aromatic rings. The minimum atomic E-state index is 0.559. The maximum atomic E-state index is 5.96. The Morgan fingerprint density at radius 3 is 2.80 bits per heavy atom. The molecule has 3 heterocycles. The van der Waals surface area contributed by atoms with Crippen molar-refractivity contribution in [1.82, 2.24) is 19.9 Å². The second-order valence-corrected chi connectivity index (χ2v) is 6.65. The molecule has 20 heavy (non-hydrogen) atoms. The van der Waals surface area contributed by atoms with Crippen LogP contribution in [0.5, 0.6) is 0 Å². The van der Waals surface area contributed by atoms with E-state index in [0.717, 1.165) is 33.3 Å². The van der Waals surface area contributed by atoms with Crippen molar-refractivity contribution < 1.29 is 0 Å². The summed E-state index contributed by atoms with van der Waals surface area (Å²) in [5, 5.41) is 6.11. The minimum Gasteiger partial charge on any atom is -0.383 e. The summed E-state index contributed by atoms with van der Waals surface area (Å²) in [6.45, 7) is 3.47. The maximum Gasteiger partial charge on any atom is 0.146 e. The Balaban J connectivity index is 1.75. The number of aryl methyl sites for hydroxylation is 1. The van der Waals surface area contributed by atoms with E-state index in [9.17, 15) is 0 Å². The minimum absolute atomic E-state index is 0.559. The van der Waals surface area contributed by atoms with E-state index in [0.29, 0.717) is 12.4 Å². The average Bonchev–Trinajstić information content (AvgIpc) is 2.98. The number of nitrogen functional groups attached to an aromatic ring is 1. The van der Waals surface area contributed by atoms with Gasteiger partial charge in [-0.25, -0.2) is 15.0 Å². The predicted molar refractivity (Wildman–Crippen MR) is 83.8 cm³/mol. The Morgan fingerprint density at radius 1 is 1.20 bits per heavy atom. The van der Waals surface area contributed by atoms with Gasteiger partial charge in [-0.2, -0.15) is 0 Å². The van der Waals surface area contributed by atoms with E-state index in [1.807, 2.05) is 25.4 Å². The summed E-state index contributed by atoms with van der Waals surface area (Å²) < 4.78 is 0. The number of thiazole rings is 1. The summed E-state index contributed by atoms with van der Waals surface area (Å²) in [5.41, 5.74) is 7.04. The van der Waals surface area contributed by atoms with E-state index < -0.39 is 0 Å². The second-order valence-electron chi connectivity index (χ2n) is 4.69. The van der Waals surface area contributed by atoms with Crippen molar-refractivity contribution >= 4 is 38.7 Å². The monoisotopic (exact) mass is 305 g/mol. The van der Waals surface area contributed by atoms with E-state index in [1.165, 1.54) is 0 Å². The van der Waals surface area contributed by atoms with Crippen LogP contribution < -0.4 is 5.73 Å². The number of nitrogens with two attached hydrogens (primary N) is 1. The molecule has 0 aliphatic heterocycles. The Bertz CT molecular complexity index is 733. The van der Waals surface area contributed by atoms with Gasteiger partial charge in [-0.05, 0) is 25.4 Å². The molecule has 0 spiro atoms. The third-order valence-electron chi connectivity index (χ3n) is 2.91. The molecule has 7 heteroatoms. The second kappa shape index (κ2) is 5.43. The summed E-state index contributed by atoms with van der Waals surface area (Å²) in [5.74, 6) is 1.32. The molecule has 0 amide bonds. The van der Waals surface area contributed by atoms with Gasteiger partial charge in [-0.15, -0.1) is 22.7 Å². The van der Waals surface area contributed by atoms with Crippen LogP contribution in [0.4, 0.5) is 5.82 Å². The fourth-order valence-corrected chi connectivity index (χ4v) is 3.44. The van der Waals surface area contributed by atoms with Gasteiger partial charge in [0.15, 0.2) is 0 Å². The Hall–Kier alpha value is -1.57. The van der Waals surface area contributed by atoms with Crippen molar-refractivity contribution in [3.8, 4) is 0 Å². The van der Waals surface area contributed by atoms with Gasteiger partial charge in [0.2, 0.25) is 0 Å². The highest BCUT2D eigenvalue weighted by Gasteiger charge is 2.10. The highest BCUT2D eigenvalue weighted by atomic mass is 32.1. The first kappa shape index (κ1) is 13.4. The number of hydrogen-bond donors (Lipinski definition) is 1. The van der Waals surface area contributed by atoms with Crippen LogP contribution in [0.2, 0.25) is 0 Å². The summed E-state index contributed by atoms with van der Waals surface area (Å²) in [4.78, 5) is 16.5. The summed E-state index contributed by atoms with van der Waals surface area (Å²) >= 11 is 3.26. The van der Waals surface area contributed by atoms with Crippen LogP contribution >= 0.6 is 22.7 Å². The maximum absolute atomic E-state index is 5.96. The number of fused-ring (bicyclic) bond motifs is 1. The molecule has 0 aromatic carbocycles. The normalized spacial score (nSPS) is 11.6. The Kier molecular flexibility index (Phi) is 3.64. The predicted octanol–water partition coefficient (Wildman–Crippen LogP) is 2.67. The van der Waals surface area contributed by atoms with Gasteiger partial charge in [0, 0.05) is 11.9 Å². The highest BCUT2D eigenvalue weighted by molar-refractivity contribution is 7.16. The van der Waals surface area contributed by atoms with Crippen LogP contribution in [0.1, 0.15) is 16.5 Å². The molecule has 3 aromatic heterocycles. The largest absolute Gasteiger partial charge is 0.383 e. The van der Waals surface area contributed by atoms with Crippen LogP contribution in [-0.4, -0.2) is 26.9 Å². The summed E-state index contributed by atoms with van der Waals surface area (Å²) in [6.07, 6.45) is 0. The third kappa shape index (κ3) is 2.79. The first-order chi connectivity index (χ1) is 9.61. The lowest BCUT2D eigenvalue weighted by Crippen LogP contribution is -2.19. The number of aromatic nitrogens is 3. The molecular weight excluding hydrogens is 290 g/mol. The van der Waals surface area contributed by atoms with Crippen molar-refractivity contribution in [2.45, 2.75) is 20.0 Å². The van der Waals surface area contributed by atoms with Gasteiger partial charge in [0.25, 0.3) is 0 Å². The van der Waals surface area contributed by atoms with Crippen molar-refractivity contribution in [3.63, 3.8) is 0 Å². The van der Waals surface area contributed by atoms with Crippen LogP contribution in [0, 0.1) is 6.92 Å². The Morgan fingerprint density at radius 2 is 2.05 bits per heavy atom. The molecule has 0 radical (unpaired) electrons. The van der Waals surface area contributed by atoms with Crippen molar-refractivity contribution in [1.29, 1.82) is 0 Å². The molecule has 0 unspecified atom stereocenters. The lowest BCUT2D eigenvalue weighted by atomic mass is 10.3. The molecule has 104 valence electrons. The van der Waals surface area contributed by atoms with Gasteiger partial charge in [0.05, 0.1) is 22.6 Å². The molecule has 0 aliphatic carbocycles. The van der Waals surface area contributed by atoms with E-state index in [-0.39, 0.29) is 0 Å². The first-order valence-corrected chi connectivity index (χ1v) is 7.97. The van der Waals surface area contributed by atoms with Gasteiger partial charge in [-0.1, -0.05) is 0 Å². The average molecular weight is 305 g/mol. The first-order valence-electron chi connectivity index (χ1n) is 6.21. The van der Waals surface area contributed by atoms with Gasteiger partial charge < -0.3 is 5.73 Å². The van der Waals surface area contributed by atoms with Gasteiger partial charge >= 0.3 is 0 Å². The molecular formula is C13H15N5S2. The summed E-state index contributed by atoms with van der Waals surface area (Å²) in [7, 11) is 2.03. The van der Waals surface area contributed by atoms with E-state index in [2.05, 4.69) is 25.2 Å². The zero-order valence-electron chi connectivity index (χ0n) is 11.3. The molecule has 0 bridgehead atoms. The molecule has 0 aliphatic rings. The van der Waals surface area contributed by atoms with Crippen molar-refractivity contribution in [2.75, 3.05) is 12.8 Å². The summed E-state index contributed by atoms with van der Waals surface area (Å²) in [6, 6.07) is 1.96. The van der Waals surface area contributed by atoms with Gasteiger partial charge in [-0.3, -0.25) is 4.90 Å². The standard InChI is InChI=1S/C13H15N5S2/c1-8-15-9(7-20-8)5-18(2)6-11-16-12(14)10-3-4-19-13(10)17-11/h3-4,7H,5-6H2,1-2H3,(H2,14,16,17). The molecule has 0 atom stereocenters. The van der Waals surface area contributed by atoms with Crippen LogP contribution in [0.15, 0.2) is 16.8 Å². The fourth-order valence-electron chi connectivity index (χ4n) is 2.05. The molecule has 3 rings (SSSR count). The zero-order chi connectivity index (χ0) is 14.1. The SMILES string of the molecule is Cc1nc(CN(C)Cc2nc(N)c3ccsc3n2)cs1. The number of anilines is 1. The topological polar surface area (TPSA) is 67.9 Å². The number of hydrogen-bond acceptors (Lipinski definition) is 7. The lowest BCUT2D eigenvalue weighted by molar-refractivity contribution is 0.308. The third-order valence-corrected chi connectivity index (χ3v) is 4.54. The van der Waals surface area contributed by atoms with Crippen molar-refractivity contribution in [3.05, 3.63) is 33.4 Å². The zero-order valence-corrected chi connectivity index (χ0v) is 13.0. The van der Waals surface area contributed by atoms with Crippen LogP contribution in [0.25, 0.3) is 10.2 Å². The molecule has 0 saturated carbocycles. The molecule has 2 N–H and O–H groups in total. The number of rotatable bonds is 4. The molecule has 0 fully saturated rings. The molecule has 5 nitrogen and oxygen atoms in total. The quantitative estimate of drug-likeness (QED) is 0.802. The van der Waals surface area contributed by atoms with Crippen molar-refractivity contribution in [2.24, 2.45) is 0 Å². The fraction of sp³-hybridized carbons (Fsp3) is 0.308. The highest BCUT2D eigenvalue weighted by Crippen LogP contribution is 2.23. The smallest absolute Gasteiger partial charge is 0.146 e. The van der Waals surface area contributed by atoms with E-state index in [1.54, 1.807) is 22.7 Å². The number of nitrogens with zero attached hydrogens (tertiary/aromatic N) is 4. The lowest BCUT2D eigenvalue weighted by Gasteiger charge is -2.14. The number of thiophene rings is 1. The Labute approximate surface area is 125 Å². The van der Waals surface area contributed by atoms with Crippen LogP contribution in [0.3, 0.4) is 0 Å². The molecule has 0 saturated heterocycles. The van der Waals surface area contributed by atoms with Gasteiger partial charge in [0.1, 0.15) is 16.5 Å². The van der Waals surface area contributed by atoms with E-state index in [4.69, 9.17) is 5.73 Å². The van der Waals surface area contributed by atoms with E-state index >= 15 is 0 Å². The van der Waals surface area contributed by atoms with Crippen LogP contribution in [-0.2, 0) is 13.1 Å².